The number of nitrogens with zero attached hydrogens (tertiary/aromatic N) is 3. The Bertz CT molecular complexity index is 845. The lowest BCUT2D eigenvalue weighted by Gasteiger charge is -2.16. The van der Waals surface area contributed by atoms with Crippen molar-refractivity contribution in [1.82, 2.24) is 20.5 Å². The van der Waals surface area contributed by atoms with Crippen LogP contribution in [-0.2, 0) is 24.4 Å². The summed E-state index contributed by atoms with van der Waals surface area (Å²) in [5.74, 6) is 1.49. The van der Waals surface area contributed by atoms with Crippen molar-refractivity contribution in [1.29, 1.82) is 0 Å². The largest absolute Gasteiger partial charge is 0.357 e. The Morgan fingerprint density at radius 3 is 2.83 bits per heavy atom. The number of carbonyl (C=O) groups is 1. The number of likely N-dealkylation sites (tertiary alicyclic amines) is 1. The van der Waals surface area contributed by atoms with Gasteiger partial charge in [0.2, 0.25) is 5.91 Å². The minimum Gasteiger partial charge on any atom is -0.357 e. The molecule has 0 unspecified atom stereocenters. The van der Waals surface area contributed by atoms with Crippen molar-refractivity contribution in [3.63, 3.8) is 0 Å². The SMILES string of the molecule is CCNC(=NCc1cccc(CN2CCCC2=O)c1)NCc1nc(C(C)C)cs1. The van der Waals surface area contributed by atoms with Gasteiger partial charge in [-0.3, -0.25) is 4.79 Å². The molecule has 0 spiro atoms. The molecule has 1 aromatic carbocycles. The highest BCUT2D eigenvalue weighted by molar-refractivity contribution is 7.09. The predicted molar refractivity (Wildman–Crippen MR) is 119 cm³/mol. The van der Waals surface area contributed by atoms with Crippen LogP contribution >= 0.6 is 11.3 Å². The van der Waals surface area contributed by atoms with Crippen molar-refractivity contribution in [2.75, 3.05) is 13.1 Å². The number of thiazole rings is 1. The van der Waals surface area contributed by atoms with Crippen molar-refractivity contribution in [3.8, 4) is 0 Å². The predicted octanol–water partition coefficient (Wildman–Crippen LogP) is 3.64. The molecule has 1 fully saturated rings. The molecule has 6 nitrogen and oxygen atoms in total. The van der Waals surface area contributed by atoms with E-state index in [1.54, 1.807) is 11.3 Å². The van der Waals surface area contributed by atoms with E-state index in [1.165, 1.54) is 0 Å². The molecule has 1 saturated heterocycles. The summed E-state index contributed by atoms with van der Waals surface area (Å²) >= 11 is 1.68. The summed E-state index contributed by atoms with van der Waals surface area (Å²) in [5.41, 5.74) is 3.44. The van der Waals surface area contributed by atoms with E-state index in [2.05, 4.69) is 60.0 Å². The second-order valence-corrected chi connectivity index (χ2v) is 8.55. The minimum absolute atomic E-state index is 0.259. The van der Waals surface area contributed by atoms with Crippen LogP contribution in [0, 0.1) is 0 Å². The molecule has 156 valence electrons. The van der Waals surface area contributed by atoms with Gasteiger partial charge in [0.1, 0.15) is 5.01 Å². The molecule has 7 heteroatoms. The van der Waals surface area contributed by atoms with E-state index in [0.29, 0.717) is 32.0 Å². The molecule has 29 heavy (non-hydrogen) atoms. The highest BCUT2D eigenvalue weighted by atomic mass is 32.1. The summed E-state index contributed by atoms with van der Waals surface area (Å²) in [6.45, 7) is 9.99. The number of benzene rings is 1. The first-order valence-corrected chi connectivity index (χ1v) is 11.2. The van der Waals surface area contributed by atoms with Crippen molar-refractivity contribution in [2.45, 2.75) is 59.2 Å². The van der Waals surface area contributed by atoms with E-state index in [-0.39, 0.29) is 5.91 Å². The van der Waals surface area contributed by atoms with Crippen LogP contribution < -0.4 is 10.6 Å². The lowest BCUT2D eigenvalue weighted by atomic mass is 10.1. The average molecular weight is 414 g/mol. The van der Waals surface area contributed by atoms with E-state index < -0.39 is 0 Å². The van der Waals surface area contributed by atoms with Gasteiger partial charge < -0.3 is 15.5 Å². The van der Waals surface area contributed by atoms with E-state index in [4.69, 9.17) is 4.99 Å². The maximum atomic E-state index is 11.9. The molecule has 0 radical (unpaired) electrons. The van der Waals surface area contributed by atoms with Gasteiger partial charge in [0.05, 0.1) is 18.8 Å². The summed E-state index contributed by atoms with van der Waals surface area (Å²) in [5, 5.41) is 9.86. The van der Waals surface area contributed by atoms with Gasteiger partial charge in [-0.1, -0.05) is 38.1 Å². The first-order valence-electron chi connectivity index (χ1n) is 10.4. The molecule has 1 aliphatic rings. The average Bonchev–Trinajstić information content (AvgIpc) is 3.34. The molecule has 2 heterocycles. The van der Waals surface area contributed by atoms with E-state index in [1.807, 2.05) is 11.0 Å². The minimum atomic E-state index is 0.259. The highest BCUT2D eigenvalue weighted by Crippen LogP contribution is 2.18. The van der Waals surface area contributed by atoms with Gasteiger partial charge in [-0.2, -0.15) is 0 Å². The fraction of sp³-hybridized carbons (Fsp3) is 0.500. The molecule has 0 saturated carbocycles. The Morgan fingerprint density at radius 2 is 2.14 bits per heavy atom. The van der Waals surface area contributed by atoms with Gasteiger partial charge in [0.25, 0.3) is 0 Å². The van der Waals surface area contributed by atoms with Crippen LogP contribution in [0.15, 0.2) is 34.6 Å². The molecule has 2 N–H and O–H groups in total. The fourth-order valence-corrected chi connectivity index (χ4v) is 4.16. The number of aliphatic imine (C=N–C) groups is 1. The molecular formula is C22H31N5OS. The summed E-state index contributed by atoms with van der Waals surface area (Å²) in [6.07, 6.45) is 1.65. The van der Waals surface area contributed by atoms with Crippen LogP contribution in [0.1, 0.15) is 61.4 Å². The summed E-state index contributed by atoms with van der Waals surface area (Å²) in [7, 11) is 0. The molecular weight excluding hydrogens is 382 g/mol. The Kier molecular flexibility index (Phi) is 7.63. The van der Waals surface area contributed by atoms with Crippen LogP contribution in [0.4, 0.5) is 0 Å². The quantitative estimate of drug-likeness (QED) is 0.512. The number of rotatable bonds is 8. The van der Waals surface area contributed by atoms with Gasteiger partial charge in [0.15, 0.2) is 5.96 Å². The van der Waals surface area contributed by atoms with Crippen molar-refractivity contribution < 1.29 is 4.79 Å². The maximum absolute atomic E-state index is 11.9. The summed E-state index contributed by atoms with van der Waals surface area (Å²) in [6, 6.07) is 8.35. The molecule has 0 bridgehead atoms. The number of nitrogens with one attached hydrogen (secondary N) is 2. The Labute approximate surface area is 177 Å². The van der Waals surface area contributed by atoms with Crippen LogP contribution in [0.5, 0.6) is 0 Å². The third kappa shape index (κ3) is 6.29. The molecule has 0 atom stereocenters. The van der Waals surface area contributed by atoms with Crippen molar-refractivity contribution in [2.24, 2.45) is 4.99 Å². The Hall–Kier alpha value is -2.41. The zero-order valence-corrected chi connectivity index (χ0v) is 18.4. The smallest absolute Gasteiger partial charge is 0.222 e. The third-order valence-electron chi connectivity index (χ3n) is 4.87. The number of hydrogen-bond donors (Lipinski definition) is 2. The lowest BCUT2D eigenvalue weighted by Crippen LogP contribution is -2.36. The van der Waals surface area contributed by atoms with Crippen molar-refractivity contribution >= 4 is 23.2 Å². The Morgan fingerprint density at radius 1 is 1.31 bits per heavy atom. The molecule has 2 aromatic rings. The first kappa shape index (κ1) is 21.3. The monoisotopic (exact) mass is 413 g/mol. The molecule has 1 aromatic heterocycles. The maximum Gasteiger partial charge on any atom is 0.222 e. The van der Waals surface area contributed by atoms with Gasteiger partial charge in [-0.25, -0.2) is 9.98 Å². The topological polar surface area (TPSA) is 69.6 Å². The molecule has 1 amide bonds. The number of amides is 1. The number of aromatic nitrogens is 1. The molecule has 1 aliphatic heterocycles. The molecule has 0 aliphatic carbocycles. The van der Waals surface area contributed by atoms with E-state index in [0.717, 1.165) is 47.3 Å². The number of hydrogen-bond acceptors (Lipinski definition) is 4. The Balaban J connectivity index is 1.58. The number of guanidine groups is 1. The fourth-order valence-electron chi connectivity index (χ4n) is 3.26. The second kappa shape index (κ2) is 10.4. The third-order valence-corrected chi connectivity index (χ3v) is 5.74. The van der Waals surface area contributed by atoms with Gasteiger partial charge in [-0.15, -0.1) is 11.3 Å². The first-order chi connectivity index (χ1) is 14.0. The summed E-state index contributed by atoms with van der Waals surface area (Å²) < 4.78 is 0. The number of carbonyl (C=O) groups excluding carboxylic acids is 1. The van der Waals surface area contributed by atoms with E-state index in [9.17, 15) is 4.79 Å². The van der Waals surface area contributed by atoms with Crippen LogP contribution in [0.2, 0.25) is 0 Å². The zero-order valence-electron chi connectivity index (χ0n) is 17.6. The summed E-state index contributed by atoms with van der Waals surface area (Å²) in [4.78, 5) is 23.2. The van der Waals surface area contributed by atoms with Crippen molar-refractivity contribution in [3.05, 3.63) is 51.5 Å². The highest BCUT2D eigenvalue weighted by Gasteiger charge is 2.19. The van der Waals surface area contributed by atoms with Gasteiger partial charge in [0, 0.05) is 31.4 Å². The molecule has 3 rings (SSSR count). The zero-order chi connectivity index (χ0) is 20.6. The van der Waals surface area contributed by atoms with E-state index >= 15 is 0 Å². The normalized spacial score (nSPS) is 14.7. The standard InChI is InChI=1S/C22H31N5OS/c1-4-23-22(25-13-20-26-19(15-29-20)16(2)3)24-12-17-7-5-8-18(11-17)14-27-10-6-9-21(27)28/h5,7-8,11,15-16H,4,6,9-10,12-14H2,1-3H3,(H2,23,24,25). The van der Waals surface area contributed by atoms with Crippen LogP contribution in [0.3, 0.4) is 0 Å². The second-order valence-electron chi connectivity index (χ2n) is 7.61. The lowest BCUT2D eigenvalue weighted by molar-refractivity contribution is -0.128. The van der Waals surface area contributed by atoms with Gasteiger partial charge >= 0.3 is 0 Å². The van der Waals surface area contributed by atoms with Crippen LogP contribution in [0.25, 0.3) is 0 Å². The van der Waals surface area contributed by atoms with Crippen LogP contribution in [-0.4, -0.2) is 34.8 Å². The van der Waals surface area contributed by atoms with Gasteiger partial charge in [-0.05, 0) is 30.4 Å².